The number of carbonyl (C=O) groups is 1. The second-order valence-electron chi connectivity index (χ2n) is 4.22. The topological polar surface area (TPSA) is 53.3 Å². The summed E-state index contributed by atoms with van der Waals surface area (Å²) in [7, 11) is 1.52. The zero-order chi connectivity index (χ0) is 15.0. The lowest BCUT2D eigenvalue weighted by atomic mass is 10.1. The predicted octanol–water partition coefficient (Wildman–Crippen LogP) is 2.01. The Morgan fingerprint density at radius 3 is 2.80 bits per heavy atom. The molecule has 0 fully saturated rings. The molecule has 1 aromatic rings. The summed E-state index contributed by atoms with van der Waals surface area (Å²) in [4.78, 5) is 13.7. The van der Waals surface area contributed by atoms with Crippen molar-refractivity contribution in [3.05, 3.63) is 35.4 Å². The zero-order valence-corrected chi connectivity index (χ0v) is 11.2. The predicted molar refractivity (Wildman–Crippen MR) is 69.2 cm³/mol. The molecule has 6 heteroatoms. The largest absolute Gasteiger partial charge is 0.383 e. The van der Waals surface area contributed by atoms with Gasteiger partial charge in [-0.05, 0) is 18.2 Å². The first kappa shape index (κ1) is 16.2. The van der Waals surface area contributed by atoms with Crippen LogP contribution in [-0.4, -0.2) is 44.0 Å². The van der Waals surface area contributed by atoms with Crippen LogP contribution in [0.2, 0.25) is 0 Å². The maximum atomic E-state index is 13.5. The second-order valence-corrected chi connectivity index (χ2v) is 4.22. The number of halogens is 2. The first-order valence-electron chi connectivity index (χ1n) is 6.15. The average Bonchev–Trinajstić information content (AvgIpc) is 2.44. The van der Waals surface area contributed by atoms with E-state index in [4.69, 9.17) is 10.00 Å². The summed E-state index contributed by atoms with van der Waals surface area (Å²) in [5.74, 6) is -1.92. The van der Waals surface area contributed by atoms with E-state index in [1.165, 1.54) is 7.11 Å². The molecule has 0 aliphatic heterocycles. The number of carbonyl (C=O) groups excluding carboxylic acids is 1. The fourth-order valence-corrected chi connectivity index (χ4v) is 1.70. The number of benzene rings is 1. The lowest BCUT2D eigenvalue weighted by Gasteiger charge is -2.19. The van der Waals surface area contributed by atoms with Crippen molar-refractivity contribution in [3.63, 3.8) is 0 Å². The molecule has 0 aromatic heterocycles. The maximum absolute atomic E-state index is 13.5. The minimum atomic E-state index is -0.747. The van der Waals surface area contributed by atoms with Crippen LogP contribution in [0, 0.1) is 23.0 Å². The van der Waals surface area contributed by atoms with Crippen LogP contribution in [0.15, 0.2) is 18.2 Å². The fraction of sp³-hybridized carbons (Fsp3) is 0.429. The van der Waals surface area contributed by atoms with Crippen LogP contribution in [0.3, 0.4) is 0 Å². The summed E-state index contributed by atoms with van der Waals surface area (Å²) in [6.07, 6.45) is 0.253. The van der Waals surface area contributed by atoms with E-state index in [1.807, 2.05) is 6.07 Å². The van der Waals surface area contributed by atoms with Gasteiger partial charge in [0, 0.05) is 26.6 Å². The monoisotopic (exact) mass is 282 g/mol. The zero-order valence-electron chi connectivity index (χ0n) is 11.2. The number of ketones is 1. The number of nitriles is 1. The van der Waals surface area contributed by atoms with Gasteiger partial charge in [0.1, 0.15) is 11.6 Å². The van der Waals surface area contributed by atoms with Gasteiger partial charge in [-0.25, -0.2) is 8.78 Å². The molecule has 4 nitrogen and oxygen atoms in total. The van der Waals surface area contributed by atoms with Crippen molar-refractivity contribution in [3.8, 4) is 6.07 Å². The highest BCUT2D eigenvalue weighted by Crippen LogP contribution is 2.11. The molecule has 0 atom stereocenters. The Morgan fingerprint density at radius 1 is 1.40 bits per heavy atom. The van der Waals surface area contributed by atoms with Crippen LogP contribution >= 0.6 is 0 Å². The minimum Gasteiger partial charge on any atom is -0.383 e. The summed E-state index contributed by atoms with van der Waals surface area (Å²) >= 11 is 0. The van der Waals surface area contributed by atoms with Gasteiger partial charge in [0.05, 0.1) is 24.8 Å². The summed E-state index contributed by atoms with van der Waals surface area (Å²) in [6.45, 7) is 1.14. The SMILES string of the molecule is COCCN(CCC#N)CC(=O)c1cc(F)ccc1F. The molecule has 0 amide bonds. The molecule has 0 heterocycles. The third-order valence-corrected chi connectivity index (χ3v) is 2.75. The molecule has 0 spiro atoms. The Hall–Kier alpha value is -1.84. The Balaban J connectivity index is 2.73. The summed E-state index contributed by atoms with van der Waals surface area (Å²) in [6, 6.07) is 4.76. The van der Waals surface area contributed by atoms with Gasteiger partial charge in [-0.3, -0.25) is 9.69 Å². The van der Waals surface area contributed by atoms with Crippen LogP contribution in [0.25, 0.3) is 0 Å². The van der Waals surface area contributed by atoms with Crippen molar-refractivity contribution >= 4 is 5.78 Å². The Bertz CT molecular complexity index is 500. The smallest absolute Gasteiger partial charge is 0.179 e. The summed E-state index contributed by atoms with van der Waals surface area (Å²) < 4.78 is 31.5. The molecule has 1 rings (SSSR count). The minimum absolute atomic E-state index is 0.0780. The second kappa shape index (κ2) is 8.35. The number of nitrogens with zero attached hydrogens (tertiary/aromatic N) is 2. The van der Waals surface area contributed by atoms with Gasteiger partial charge in [0.15, 0.2) is 5.78 Å². The molecule has 0 unspecified atom stereocenters. The van der Waals surface area contributed by atoms with Crippen molar-refractivity contribution in [2.24, 2.45) is 0 Å². The molecular formula is C14H16F2N2O2. The van der Waals surface area contributed by atoms with Crippen LogP contribution in [0.1, 0.15) is 16.8 Å². The van der Waals surface area contributed by atoms with Crippen molar-refractivity contribution in [1.29, 1.82) is 5.26 Å². The van der Waals surface area contributed by atoms with Crippen molar-refractivity contribution < 1.29 is 18.3 Å². The molecule has 0 aliphatic carbocycles. The number of hydrogen-bond acceptors (Lipinski definition) is 4. The van der Waals surface area contributed by atoms with E-state index in [0.717, 1.165) is 18.2 Å². The molecular weight excluding hydrogens is 266 g/mol. The third kappa shape index (κ3) is 5.03. The van der Waals surface area contributed by atoms with E-state index in [-0.39, 0.29) is 18.5 Å². The van der Waals surface area contributed by atoms with Gasteiger partial charge in [-0.2, -0.15) is 5.26 Å². The van der Waals surface area contributed by atoms with Crippen molar-refractivity contribution in [1.82, 2.24) is 4.90 Å². The number of rotatable bonds is 8. The molecule has 0 saturated heterocycles. The quantitative estimate of drug-likeness (QED) is 0.684. The first-order valence-corrected chi connectivity index (χ1v) is 6.15. The van der Waals surface area contributed by atoms with Gasteiger partial charge in [0.2, 0.25) is 0 Å². The molecule has 1 aromatic carbocycles. The van der Waals surface area contributed by atoms with E-state index in [0.29, 0.717) is 19.7 Å². The summed E-state index contributed by atoms with van der Waals surface area (Å²) in [5, 5.41) is 8.57. The van der Waals surface area contributed by atoms with Gasteiger partial charge < -0.3 is 4.74 Å². The lowest BCUT2D eigenvalue weighted by molar-refractivity contribution is 0.0894. The van der Waals surface area contributed by atoms with Crippen molar-refractivity contribution in [2.75, 3.05) is 33.4 Å². The molecule has 0 bridgehead atoms. The Labute approximate surface area is 116 Å². The normalized spacial score (nSPS) is 10.6. The van der Waals surface area contributed by atoms with E-state index in [2.05, 4.69) is 0 Å². The highest BCUT2D eigenvalue weighted by molar-refractivity contribution is 5.97. The van der Waals surface area contributed by atoms with Crippen LogP contribution in [0.5, 0.6) is 0 Å². The first-order chi connectivity index (χ1) is 9.58. The molecule has 20 heavy (non-hydrogen) atoms. The van der Waals surface area contributed by atoms with E-state index in [9.17, 15) is 13.6 Å². The van der Waals surface area contributed by atoms with Gasteiger partial charge in [-0.1, -0.05) is 0 Å². The number of methoxy groups -OCH3 is 1. The third-order valence-electron chi connectivity index (χ3n) is 2.75. The number of Topliss-reactive ketones (excluding diaryl/α,β-unsaturated/α-hetero) is 1. The highest BCUT2D eigenvalue weighted by Gasteiger charge is 2.16. The van der Waals surface area contributed by atoms with E-state index in [1.54, 1.807) is 4.90 Å². The highest BCUT2D eigenvalue weighted by atomic mass is 19.1. The fourth-order valence-electron chi connectivity index (χ4n) is 1.70. The van der Waals surface area contributed by atoms with E-state index >= 15 is 0 Å². The van der Waals surface area contributed by atoms with Crippen LogP contribution in [0.4, 0.5) is 8.78 Å². The van der Waals surface area contributed by atoms with Crippen molar-refractivity contribution in [2.45, 2.75) is 6.42 Å². The van der Waals surface area contributed by atoms with E-state index < -0.39 is 17.4 Å². The number of ether oxygens (including phenoxy) is 1. The van der Waals surface area contributed by atoms with Crippen LogP contribution in [-0.2, 0) is 4.74 Å². The average molecular weight is 282 g/mol. The van der Waals surface area contributed by atoms with Gasteiger partial charge in [-0.15, -0.1) is 0 Å². The lowest BCUT2D eigenvalue weighted by Crippen LogP contribution is -2.34. The number of hydrogen-bond donors (Lipinski definition) is 0. The molecule has 0 radical (unpaired) electrons. The molecule has 0 saturated carbocycles. The Morgan fingerprint density at radius 2 is 2.15 bits per heavy atom. The summed E-state index contributed by atoms with van der Waals surface area (Å²) in [5.41, 5.74) is -0.274. The standard InChI is InChI=1S/C14H16F2N2O2/c1-20-8-7-18(6-2-5-17)10-14(19)12-9-11(15)3-4-13(12)16/h3-4,9H,2,6-8,10H2,1H3. The molecule has 108 valence electrons. The van der Waals surface area contributed by atoms with Gasteiger partial charge >= 0.3 is 0 Å². The molecule has 0 aliphatic rings. The van der Waals surface area contributed by atoms with Crippen LogP contribution < -0.4 is 0 Å². The maximum Gasteiger partial charge on any atom is 0.179 e. The Kier molecular flexibility index (Phi) is 6.77. The van der Waals surface area contributed by atoms with Gasteiger partial charge in [0.25, 0.3) is 0 Å². The molecule has 0 N–H and O–H groups in total.